The van der Waals surface area contributed by atoms with Crippen LogP contribution in [0, 0.1) is 0 Å². The molecule has 14 aromatic carbocycles. The predicted molar refractivity (Wildman–Crippen MR) is 358 cm³/mol. The van der Waals surface area contributed by atoms with E-state index in [1.807, 2.05) is 6.07 Å². The molecule has 0 atom stereocenters. The van der Waals surface area contributed by atoms with Crippen LogP contribution in [-0.2, 0) is 6.42 Å². The standard InChI is InChI=1S/C82H51NO2/c1-3-19-59-50(15-1)17-11-25-61(59)52-33-37-54(38-34-52)79-67-23-5-6-24-68(67)80(55-39-35-53(36-40-55)62-26-12-18-51-16-2-4-20-60(51)62)74-49-58(43-44-69(74)79)83-75-45-41-56(63-27-13-29-70-65-21-7-9-31-77(65)84-81(63)70)47-72(75)73-48-57(42-46-76(73)83)64-28-14-30-71-66-22-8-10-32-78(66)85-82(64)71/h1-9,11-31,33-49H,10,32H2. The number of hydrogen-bond acceptors (Lipinski definition) is 2. The number of fused-ring (bicyclic) bond motifs is 13. The number of aryl methyl sites for hydroxylation is 1. The minimum Gasteiger partial charge on any atom is -0.460 e. The molecule has 0 aliphatic heterocycles. The van der Waals surface area contributed by atoms with Crippen molar-refractivity contribution in [2.45, 2.75) is 12.8 Å². The quantitative estimate of drug-likeness (QED) is 0.149. The van der Waals surface area contributed by atoms with E-state index < -0.39 is 0 Å². The highest BCUT2D eigenvalue weighted by atomic mass is 16.3. The second kappa shape index (κ2) is 18.8. The van der Waals surface area contributed by atoms with Gasteiger partial charge >= 0.3 is 0 Å². The number of hydrogen-bond donors (Lipinski definition) is 0. The lowest BCUT2D eigenvalue weighted by molar-refractivity contribution is 0.547. The maximum absolute atomic E-state index is 6.77. The topological polar surface area (TPSA) is 31.2 Å². The molecular formula is C82H51NO2. The summed E-state index contributed by atoms with van der Waals surface area (Å²) in [7, 11) is 0. The van der Waals surface area contributed by atoms with Crippen LogP contribution in [0.5, 0.6) is 0 Å². The van der Waals surface area contributed by atoms with E-state index in [2.05, 4.69) is 284 Å². The van der Waals surface area contributed by atoms with E-state index in [0.717, 1.165) is 101 Å². The summed E-state index contributed by atoms with van der Waals surface area (Å²) in [5.74, 6) is 1.07. The minimum atomic E-state index is 0.891. The molecule has 396 valence electrons. The third-order valence-electron chi connectivity index (χ3n) is 18.3. The molecular weight excluding hydrogens is 1030 g/mol. The number of benzene rings is 14. The van der Waals surface area contributed by atoms with E-state index in [1.165, 1.54) is 93.2 Å². The fraction of sp³-hybridized carbons (Fsp3) is 0.0244. The number of rotatable bonds is 7. The van der Waals surface area contributed by atoms with Crippen molar-refractivity contribution in [3.63, 3.8) is 0 Å². The van der Waals surface area contributed by atoms with Crippen LogP contribution in [0.15, 0.2) is 288 Å². The molecule has 0 saturated heterocycles. The van der Waals surface area contributed by atoms with Crippen molar-refractivity contribution in [2.75, 3.05) is 0 Å². The normalized spacial score (nSPS) is 12.6. The van der Waals surface area contributed by atoms with Gasteiger partial charge in [-0.05, 0) is 148 Å². The van der Waals surface area contributed by atoms with Gasteiger partial charge in [0.1, 0.15) is 22.5 Å². The molecule has 18 rings (SSSR count). The maximum atomic E-state index is 6.77. The molecule has 3 heterocycles. The summed E-state index contributed by atoms with van der Waals surface area (Å²) >= 11 is 0. The highest BCUT2D eigenvalue weighted by molar-refractivity contribution is 6.23. The number of para-hydroxylation sites is 3. The van der Waals surface area contributed by atoms with Crippen LogP contribution in [0.2, 0.25) is 0 Å². The van der Waals surface area contributed by atoms with Crippen LogP contribution in [0.1, 0.15) is 17.7 Å². The summed E-state index contributed by atoms with van der Waals surface area (Å²) in [5.41, 5.74) is 21.3. The zero-order valence-corrected chi connectivity index (χ0v) is 46.3. The Morgan fingerprint density at radius 2 is 0.753 bits per heavy atom. The molecule has 0 N–H and O–H groups in total. The van der Waals surface area contributed by atoms with E-state index in [-0.39, 0.29) is 0 Å². The zero-order valence-electron chi connectivity index (χ0n) is 46.3. The first-order valence-electron chi connectivity index (χ1n) is 29.5. The lowest BCUT2D eigenvalue weighted by Gasteiger charge is -2.20. The van der Waals surface area contributed by atoms with Gasteiger partial charge in [-0.15, -0.1) is 0 Å². The Kier molecular flexibility index (Phi) is 10.5. The zero-order chi connectivity index (χ0) is 55.7. The SMILES string of the molecule is C1=Cc2c(oc3c(-c4ccc5c(c4)c4cc(-c6cccc7c6oc6ccccc67)ccc4n5-c4ccc5c(-c6ccc(-c7cccc8ccccc78)cc6)c6ccccc6c(-c6ccc(-c7cccc8ccccc78)cc6)c5c4)cccc23)CC1. The number of allylic oxidation sites excluding steroid dienone is 1. The molecule has 0 spiro atoms. The van der Waals surface area contributed by atoms with Gasteiger partial charge < -0.3 is 13.4 Å². The van der Waals surface area contributed by atoms with Crippen molar-refractivity contribution in [1.82, 2.24) is 4.57 Å². The van der Waals surface area contributed by atoms with Crippen LogP contribution in [0.4, 0.5) is 0 Å². The van der Waals surface area contributed by atoms with Gasteiger partial charge in [-0.3, -0.25) is 0 Å². The molecule has 0 fully saturated rings. The van der Waals surface area contributed by atoms with Crippen molar-refractivity contribution in [3.8, 4) is 72.4 Å². The van der Waals surface area contributed by atoms with E-state index in [4.69, 9.17) is 8.83 Å². The molecule has 3 aromatic heterocycles. The van der Waals surface area contributed by atoms with Gasteiger partial charge in [-0.25, -0.2) is 0 Å². The highest BCUT2D eigenvalue weighted by Crippen LogP contribution is 2.48. The summed E-state index contributed by atoms with van der Waals surface area (Å²) in [6.07, 6.45) is 6.40. The summed E-state index contributed by atoms with van der Waals surface area (Å²) in [6, 6.07) is 101. The van der Waals surface area contributed by atoms with Gasteiger partial charge in [0.05, 0.1) is 11.0 Å². The van der Waals surface area contributed by atoms with Crippen LogP contribution in [-0.4, -0.2) is 4.57 Å². The molecule has 0 bridgehead atoms. The predicted octanol–water partition coefficient (Wildman–Crippen LogP) is 23.0. The summed E-state index contributed by atoms with van der Waals surface area (Å²) in [4.78, 5) is 0. The third kappa shape index (κ3) is 7.40. The molecule has 0 saturated carbocycles. The molecule has 0 amide bonds. The smallest absolute Gasteiger partial charge is 0.143 e. The van der Waals surface area contributed by atoms with Crippen LogP contribution in [0.3, 0.4) is 0 Å². The number of furan rings is 2. The Bertz CT molecular complexity index is 5640. The molecule has 1 aliphatic rings. The Morgan fingerprint density at radius 1 is 0.294 bits per heavy atom. The Balaban J connectivity index is 0.877. The van der Waals surface area contributed by atoms with E-state index >= 15 is 0 Å². The molecule has 0 radical (unpaired) electrons. The van der Waals surface area contributed by atoms with E-state index in [0.29, 0.717) is 0 Å². The first-order chi connectivity index (χ1) is 42.1. The second-order valence-corrected chi connectivity index (χ2v) is 22.9. The van der Waals surface area contributed by atoms with Gasteiger partial charge in [-0.2, -0.15) is 0 Å². The van der Waals surface area contributed by atoms with Crippen molar-refractivity contribution < 1.29 is 8.83 Å². The largest absolute Gasteiger partial charge is 0.460 e. The monoisotopic (exact) mass is 1080 g/mol. The van der Waals surface area contributed by atoms with Gasteiger partial charge in [0.25, 0.3) is 0 Å². The number of nitrogens with zero attached hydrogens (tertiary/aromatic N) is 1. The van der Waals surface area contributed by atoms with Gasteiger partial charge in [0.15, 0.2) is 0 Å². The van der Waals surface area contributed by atoms with Gasteiger partial charge in [0.2, 0.25) is 0 Å². The summed E-state index contributed by atoms with van der Waals surface area (Å²) < 4.78 is 15.9. The van der Waals surface area contributed by atoms with Gasteiger partial charge in [0, 0.05) is 55.7 Å². The van der Waals surface area contributed by atoms with Crippen molar-refractivity contribution in [2.24, 2.45) is 0 Å². The minimum absolute atomic E-state index is 0.891. The molecule has 85 heavy (non-hydrogen) atoms. The second-order valence-electron chi connectivity index (χ2n) is 22.9. The maximum Gasteiger partial charge on any atom is 0.143 e. The average Bonchev–Trinajstić information content (AvgIpc) is 2.58. The van der Waals surface area contributed by atoms with Gasteiger partial charge in [-0.1, -0.05) is 243 Å². The van der Waals surface area contributed by atoms with E-state index in [9.17, 15) is 0 Å². The van der Waals surface area contributed by atoms with E-state index in [1.54, 1.807) is 0 Å². The fourth-order valence-corrected chi connectivity index (χ4v) is 14.3. The van der Waals surface area contributed by atoms with Crippen LogP contribution in [0.25, 0.3) is 176 Å². The summed E-state index contributed by atoms with van der Waals surface area (Å²) in [5, 5.41) is 15.5. The molecule has 0 unspecified atom stereocenters. The lowest BCUT2D eigenvalue weighted by Crippen LogP contribution is -1.96. The first kappa shape index (κ1) is 47.6. The summed E-state index contributed by atoms with van der Waals surface area (Å²) in [6.45, 7) is 0. The van der Waals surface area contributed by atoms with Crippen molar-refractivity contribution in [1.29, 1.82) is 0 Å². The average molecular weight is 1080 g/mol. The van der Waals surface area contributed by atoms with Crippen molar-refractivity contribution in [3.05, 3.63) is 290 Å². The first-order valence-corrected chi connectivity index (χ1v) is 29.5. The molecule has 3 nitrogen and oxygen atoms in total. The molecule has 1 aliphatic carbocycles. The Hall–Kier alpha value is -11.0. The van der Waals surface area contributed by atoms with Crippen LogP contribution < -0.4 is 0 Å². The molecule has 17 aromatic rings. The molecule has 3 heteroatoms. The Labute approximate surface area is 490 Å². The fourth-order valence-electron chi connectivity index (χ4n) is 14.3. The lowest BCUT2D eigenvalue weighted by atomic mass is 9.85. The Morgan fingerprint density at radius 3 is 1.38 bits per heavy atom. The number of aromatic nitrogens is 1. The highest BCUT2D eigenvalue weighted by Gasteiger charge is 2.23. The van der Waals surface area contributed by atoms with Crippen LogP contribution >= 0.6 is 0 Å². The van der Waals surface area contributed by atoms with Crippen molar-refractivity contribution >= 4 is 104 Å². The third-order valence-corrected chi connectivity index (χ3v) is 18.3.